The first kappa shape index (κ1) is 30.8. The Morgan fingerprint density at radius 3 is 2.24 bits per heavy atom. The van der Waals surface area contributed by atoms with Crippen molar-refractivity contribution in [3.05, 3.63) is 107 Å². The van der Waals surface area contributed by atoms with Crippen LogP contribution >= 0.6 is 0 Å². The molecule has 10 nitrogen and oxygen atoms in total. The van der Waals surface area contributed by atoms with Gasteiger partial charge in [0.2, 0.25) is 0 Å². The Balaban J connectivity index is 1.53. The van der Waals surface area contributed by atoms with E-state index in [1.165, 1.54) is 12.0 Å². The average molecular weight is 635 g/mol. The summed E-state index contributed by atoms with van der Waals surface area (Å²) in [7, 11) is 2.33. The van der Waals surface area contributed by atoms with Crippen molar-refractivity contribution in [1.82, 2.24) is 4.90 Å². The molecule has 1 fully saturated rings. The number of anilines is 2. The number of aliphatic hydroxyl groups is 1. The van der Waals surface area contributed by atoms with E-state index in [4.69, 9.17) is 9.47 Å². The van der Waals surface area contributed by atoms with Crippen LogP contribution in [0, 0.1) is 0 Å². The molecule has 0 saturated carbocycles. The normalized spacial score (nSPS) is 21.7. The largest absolute Gasteiger partial charge is 0.466 e. The first-order valence-corrected chi connectivity index (χ1v) is 14.3. The van der Waals surface area contributed by atoms with Crippen LogP contribution in [-0.4, -0.2) is 66.7 Å². The number of alkyl halides is 3. The molecule has 2 N–H and O–H groups in total. The van der Waals surface area contributed by atoms with Gasteiger partial charge in [0, 0.05) is 17.9 Å². The molecular weight excluding hydrogens is 605 g/mol. The molecular formula is C33H29F3N4O6. The molecule has 13 heteroatoms. The standard InChI is InChI=1S/C33H29F3N4O6/c1-45-28(42)25-26(29(43)46-2)38-30-32(23-10-6-7-11-24(23)39(27(25)32)17-19-8-4-3-5-9-19)16-22(18-41)40(30)31(44)37-21-14-12-20(13-15-21)33(34,35)36/h3-15,22,27,41H,16-18H2,1-2H3,(H,37,44)/t22-,27-,32-/m0/s1. The van der Waals surface area contributed by atoms with E-state index in [-0.39, 0.29) is 29.2 Å². The quantitative estimate of drug-likeness (QED) is 0.379. The molecule has 0 unspecified atom stereocenters. The minimum absolute atomic E-state index is 0.0630. The number of carbonyl (C=O) groups is 3. The number of ether oxygens (including phenoxy) is 2. The molecule has 3 aromatic rings. The fourth-order valence-electron chi connectivity index (χ4n) is 6.77. The van der Waals surface area contributed by atoms with Gasteiger partial charge in [-0.15, -0.1) is 0 Å². The first-order valence-electron chi connectivity index (χ1n) is 14.3. The molecule has 2 amide bonds. The van der Waals surface area contributed by atoms with Gasteiger partial charge in [-0.3, -0.25) is 4.90 Å². The number of hydrogen-bond acceptors (Lipinski definition) is 8. The topological polar surface area (TPSA) is 121 Å². The zero-order chi connectivity index (χ0) is 32.8. The molecule has 0 aromatic heterocycles. The highest BCUT2D eigenvalue weighted by Crippen LogP contribution is 2.58. The highest BCUT2D eigenvalue weighted by molar-refractivity contribution is 6.17. The van der Waals surface area contributed by atoms with Crippen molar-refractivity contribution < 1.29 is 42.1 Å². The van der Waals surface area contributed by atoms with Gasteiger partial charge in [-0.05, 0) is 47.9 Å². The number of amidine groups is 1. The van der Waals surface area contributed by atoms with Crippen LogP contribution in [0.5, 0.6) is 0 Å². The van der Waals surface area contributed by atoms with E-state index < -0.39 is 53.8 Å². The maximum atomic E-state index is 14.0. The van der Waals surface area contributed by atoms with Crippen molar-refractivity contribution in [3.8, 4) is 0 Å². The maximum absolute atomic E-state index is 14.0. The van der Waals surface area contributed by atoms with Crippen LogP contribution in [-0.2, 0) is 37.2 Å². The number of hydrogen-bond donors (Lipinski definition) is 2. The second-order valence-electron chi connectivity index (χ2n) is 11.1. The van der Waals surface area contributed by atoms with Crippen LogP contribution in [0.25, 0.3) is 0 Å². The number of carbonyl (C=O) groups excluding carboxylic acids is 3. The Morgan fingerprint density at radius 2 is 1.61 bits per heavy atom. The lowest BCUT2D eigenvalue weighted by Gasteiger charge is -2.40. The summed E-state index contributed by atoms with van der Waals surface area (Å²) in [5.41, 5.74) is -0.133. The number of fused-ring (bicyclic) bond motifs is 1. The molecule has 6 rings (SSSR count). The molecule has 0 radical (unpaired) electrons. The van der Waals surface area contributed by atoms with Gasteiger partial charge in [0.15, 0.2) is 5.70 Å². The molecule has 1 saturated heterocycles. The van der Waals surface area contributed by atoms with Crippen molar-refractivity contribution in [2.24, 2.45) is 4.99 Å². The number of para-hydroxylation sites is 1. The summed E-state index contributed by atoms with van der Waals surface area (Å²) in [5.74, 6) is -1.67. The zero-order valence-electron chi connectivity index (χ0n) is 24.7. The molecule has 3 aliphatic rings. The van der Waals surface area contributed by atoms with Gasteiger partial charge >= 0.3 is 24.1 Å². The lowest BCUT2D eigenvalue weighted by Crippen LogP contribution is -2.56. The van der Waals surface area contributed by atoms with Gasteiger partial charge in [0.1, 0.15) is 5.84 Å². The van der Waals surface area contributed by atoms with E-state index in [1.807, 2.05) is 59.5 Å². The number of esters is 2. The van der Waals surface area contributed by atoms with Gasteiger partial charge in [0.25, 0.3) is 0 Å². The van der Waals surface area contributed by atoms with Gasteiger partial charge in [-0.2, -0.15) is 13.2 Å². The van der Waals surface area contributed by atoms with Crippen molar-refractivity contribution in [2.45, 2.75) is 36.6 Å². The van der Waals surface area contributed by atoms with Crippen molar-refractivity contribution in [2.75, 3.05) is 31.0 Å². The summed E-state index contributed by atoms with van der Waals surface area (Å²) >= 11 is 0. The number of likely N-dealkylation sites (tertiary alicyclic amines) is 1. The highest BCUT2D eigenvalue weighted by Gasteiger charge is 2.66. The van der Waals surface area contributed by atoms with E-state index in [0.29, 0.717) is 12.1 Å². The number of aliphatic imine (C=N–C) groups is 1. The summed E-state index contributed by atoms with van der Waals surface area (Å²) in [6, 6.07) is 18.1. The number of urea groups is 1. The van der Waals surface area contributed by atoms with Crippen molar-refractivity contribution in [3.63, 3.8) is 0 Å². The van der Waals surface area contributed by atoms with E-state index in [0.717, 1.165) is 42.6 Å². The first-order chi connectivity index (χ1) is 22.0. The molecule has 3 heterocycles. The van der Waals surface area contributed by atoms with Crippen molar-refractivity contribution in [1.29, 1.82) is 0 Å². The Morgan fingerprint density at radius 1 is 0.957 bits per heavy atom. The van der Waals surface area contributed by atoms with Crippen LogP contribution in [0.15, 0.2) is 95.1 Å². The Labute approximate surface area is 261 Å². The fourth-order valence-corrected chi connectivity index (χ4v) is 6.77. The third kappa shape index (κ3) is 4.87. The van der Waals surface area contributed by atoms with Crippen LogP contribution in [0.3, 0.4) is 0 Å². The molecule has 3 atom stereocenters. The number of nitrogens with one attached hydrogen (secondary N) is 1. The summed E-state index contributed by atoms with van der Waals surface area (Å²) < 4.78 is 49.7. The number of rotatable bonds is 6. The Hall–Kier alpha value is -5.17. The predicted molar refractivity (Wildman–Crippen MR) is 161 cm³/mol. The number of methoxy groups -OCH3 is 2. The summed E-state index contributed by atoms with van der Waals surface area (Å²) in [6.07, 6.45) is -4.46. The van der Waals surface area contributed by atoms with E-state index in [2.05, 4.69) is 10.3 Å². The number of aliphatic hydroxyl groups excluding tert-OH is 1. The second kappa shape index (κ2) is 11.6. The highest BCUT2D eigenvalue weighted by atomic mass is 19.4. The predicted octanol–water partition coefficient (Wildman–Crippen LogP) is 4.64. The Kier molecular flexibility index (Phi) is 7.80. The van der Waals surface area contributed by atoms with Crippen LogP contribution in [0.1, 0.15) is 23.1 Å². The van der Waals surface area contributed by atoms with E-state index in [1.54, 1.807) is 0 Å². The van der Waals surface area contributed by atoms with E-state index in [9.17, 15) is 32.7 Å². The lowest BCUT2D eigenvalue weighted by molar-refractivity contribution is -0.139. The molecule has 0 bridgehead atoms. The smallest absolute Gasteiger partial charge is 0.416 e. The summed E-state index contributed by atoms with van der Waals surface area (Å²) in [4.78, 5) is 48.6. The third-order valence-electron chi connectivity index (χ3n) is 8.64. The van der Waals surface area contributed by atoms with Gasteiger partial charge < -0.3 is 24.8 Å². The molecule has 238 valence electrons. The van der Waals surface area contributed by atoms with Crippen molar-refractivity contribution >= 4 is 35.2 Å². The number of nitrogens with zero attached hydrogens (tertiary/aromatic N) is 3. The van der Waals surface area contributed by atoms with Crippen LogP contribution in [0.2, 0.25) is 0 Å². The Bertz CT molecular complexity index is 1760. The average Bonchev–Trinajstić information content (AvgIpc) is 3.54. The maximum Gasteiger partial charge on any atom is 0.416 e. The van der Waals surface area contributed by atoms with Crippen LogP contribution in [0.4, 0.5) is 29.3 Å². The SMILES string of the molecule is COC(=O)C1=C(C(=O)OC)[C@@H]2N(Cc3ccccc3)c3ccccc3[C@@]23C[C@@H](CO)N(C(=O)Nc2ccc(C(F)(F)F)cc2)C3=N1. The third-order valence-corrected chi connectivity index (χ3v) is 8.64. The minimum Gasteiger partial charge on any atom is -0.466 e. The van der Waals surface area contributed by atoms with Crippen LogP contribution < -0.4 is 10.2 Å². The second-order valence-corrected chi connectivity index (χ2v) is 11.1. The summed E-state index contributed by atoms with van der Waals surface area (Å²) in [5, 5.41) is 13.2. The summed E-state index contributed by atoms with van der Waals surface area (Å²) in [6.45, 7) is -0.218. The van der Waals surface area contributed by atoms with Gasteiger partial charge in [-0.25, -0.2) is 19.4 Å². The molecule has 3 aromatic carbocycles. The number of benzene rings is 3. The molecule has 1 spiro atoms. The number of amides is 2. The molecule has 46 heavy (non-hydrogen) atoms. The fraction of sp³-hybridized carbons (Fsp3) is 0.273. The monoisotopic (exact) mass is 634 g/mol. The lowest BCUT2D eigenvalue weighted by atomic mass is 9.69. The number of halogens is 3. The zero-order valence-corrected chi connectivity index (χ0v) is 24.7. The molecule has 0 aliphatic carbocycles. The molecule has 3 aliphatic heterocycles. The van der Waals surface area contributed by atoms with Gasteiger partial charge in [-0.1, -0.05) is 48.5 Å². The van der Waals surface area contributed by atoms with E-state index >= 15 is 0 Å². The minimum atomic E-state index is -4.56. The van der Waals surface area contributed by atoms with Gasteiger partial charge in [0.05, 0.1) is 49.5 Å².